The molecular formula is C25H32N2O. The van der Waals surface area contributed by atoms with Crippen molar-refractivity contribution in [1.29, 1.82) is 10.5 Å². The van der Waals surface area contributed by atoms with Gasteiger partial charge in [-0.3, -0.25) is 0 Å². The summed E-state index contributed by atoms with van der Waals surface area (Å²) in [5, 5.41) is 17.5. The largest absolute Gasteiger partial charge is 0.378 e. The van der Waals surface area contributed by atoms with Crippen molar-refractivity contribution in [2.24, 2.45) is 11.8 Å². The fourth-order valence-electron chi connectivity index (χ4n) is 4.82. The highest BCUT2D eigenvalue weighted by molar-refractivity contribution is 5.33. The van der Waals surface area contributed by atoms with E-state index in [0.29, 0.717) is 17.9 Å². The van der Waals surface area contributed by atoms with Crippen LogP contribution in [0.25, 0.3) is 0 Å². The Bertz CT molecular complexity index is 694. The molecular weight excluding hydrogens is 344 g/mol. The van der Waals surface area contributed by atoms with Gasteiger partial charge in [-0.25, -0.2) is 0 Å². The van der Waals surface area contributed by atoms with Crippen LogP contribution in [0.15, 0.2) is 36.4 Å². The molecule has 0 N–H and O–H groups in total. The first-order valence-corrected chi connectivity index (χ1v) is 10.9. The van der Waals surface area contributed by atoms with Crippen molar-refractivity contribution in [1.82, 2.24) is 0 Å². The van der Waals surface area contributed by atoms with Gasteiger partial charge in [0.1, 0.15) is 0 Å². The molecule has 148 valence electrons. The summed E-state index contributed by atoms with van der Waals surface area (Å²) in [6.45, 7) is 0.931. The predicted octanol–water partition coefficient (Wildman–Crippen LogP) is 6.27. The van der Waals surface area contributed by atoms with Gasteiger partial charge in [-0.15, -0.1) is 0 Å². The number of nitriles is 2. The third kappa shape index (κ3) is 6.22. The maximum atomic E-state index is 8.94. The molecule has 3 rings (SSSR count). The maximum Gasteiger partial charge on any atom is 0.0991 e. The van der Waals surface area contributed by atoms with E-state index < -0.39 is 0 Å². The molecule has 2 fully saturated rings. The first-order chi connectivity index (χ1) is 13.8. The Kier molecular flexibility index (Phi) is 8.13. The van der Waals surface area contributed by atoms with Crippen LogP contribution in [0.5, 0.6) is 0 Å². The number of hydrogen-bond donors (Lipinski definition) is 0. The lowest BCUT2D eigenvalue weighted by molar-refractivity contribution is -0.00824. The van der Waals surface area contributed by atoms with E-state index >= 15 is 0 Å². The second-order valence-corrected chi connectivity index (χ2v) is 8.54. The molecule has 0 amide bonds. The lowest BCUT2D eigenvalue weighted by atomic mass is 9.79. The van der Waals surface area contributed by atoms with Crippen LogP contribution in [0.4, 0.5) is 0 Å². The van der Waals surface area contributed by atoms with E-state index in [4.69, 9.17) is 15.3 Å². The number of benzene rings is 1. The minimum Gasteiger partial charge on any atom is -0.378 e. The van der Waals surface area contributed by atoms with E-state index in [1.165, 1.54) is 63.4 Å². The lowest BCUT2D eigenvalue weighted by Crippen LogP contribution is -2.25. The first kappa shape index (κ1) is 20.6. The molecule has 2 aliphatic carbocycles. The molecule has 0 radical (unpaired) electrons. The molecule has 0 aromatic heterocycles. The van der Waals surface area contributed by atoms with E-state index in [-0.39, 0.29) is 0 Å². The van der Waals surface area contributed by atoms with Crippen molar-refractivity contribution in [3.8, 4) is 12.1 Å². The third-order valence-electron chi connectivity index (χ3n) is 6.65. The van der Waals surface area contributed by atoms with Crippen LogP contribution in [0.1, 0.15) is 81.3 Å². The van der Waals surface area contributed by atoms with E-state index in [1.807, 2.05) is 18.2 Å². The van der Waals surface area contributed by atoms with Crippen LogP contribution in [0.2, 0.25) is 0 Å². The zero-order valence-electron chi connectivity index (χ0n) is 16.9. The lowest BCUT2D eigenvalue weighted by Gasteiger charge is -2.32. The maximum absolute atomic E-state index is 8.94. The molecule has 28 heavy (non-hydrogen) atoms. The average molecular weight is 377 g/mol. The molecule has 0 bridgehead atoms. The molecule has 0 spiro atoms. The Balaban J connectivity index is 1.31. The number of nitrogens with zero attached hydrogens (tertiary/aromatic N) is 2. The molecule has 0 aliphatic heterocycles. The Labute approximate surface area is 170 Å². The van der Waals surface area contributed by atoms with Gasteiger partial charge in [0.05, 0.1) is 23.8 Å². The summed E-state index contributed by atoms with van der Waals surface area (Å²) in [6.07, 6.45) is 16.2. The normalized spacial score (nSPS) is 27.9. The second-order valence-electron chi connectivity index (χ2n) is 8.54. The fourth-order valence-corrected chi connectivity index (χ4v) is 4.82. The molecule has 0 saturated heterocycles. The Morgan fingerprint density at radius 2 is 1.57 bits per heavy atom. The predicted molar refractivity (Wildman–Crippen MR) is 112 cm³/mol. The van der Waals surface area contributed by atoms with Gasteiger partial charge in [0, 0.05) is 12.7 Å². The molecule has 0 atom stereocenters. The first-order valence-electron chi connectivity index (χ1n) is 10.9. The van der Waals surface area contributed by atoms with E-state index in [2.05, 4.69) is 24.3 Å². The van der Waals surface area contributed by atoms with E-state index in [0.717, 1.165) is 24.5 Å². The average Bonchev–Trinajstić information content (AvgIpc) is 2.76. The van der Waals surface area contributed by atoms with Crippen LogP contribution in [0, 0.1) is 34.5 Å². The van der Waals surface area contributed by atoms with E-state index in [9.17, 15) is 0 Å². The Morgan fingerprint density at radius 3 is 2.21 bits per heavy atom. The Hall–Kier alpha value is -2.10. The van der Waals surface area contributed by atoms with Gasteiger partial charge in [-0.2, -0.15) is 10.5 Å². The van der Waals surface area contributed by atoms with Gasteiger partial charge in [0.2, 0.25) is 0 Å². The highest BCUT2D eigenvalue weighted by atomic mass is 16.5. The molecule has 1 aromatic carbocycles. The van der Waals surface area contributed by atoms with Crippen molar-refractivity contribution >= 4 is 0 Å². The molecule has 1 aromatic rings. The van der Waals surface area contributed by atoms with Crippen molar-refractivity contribution in [3.63, 3.8) is 0 Å². The van der Waals surface area contributed by atoms with Gasteiger partial charge in [0.15, 0.2) is 0 Å². The van der Waals surface area contributed by atoms with Gasteiger partial charge in [-0.1, -0.05) is 18.2 Å². The summed E-state index contributed by atoms with van der Waals surface area (Å²) >= 11 is 0. The number of allylic oxidation sites excluding steroid dienone is 2. The molecule has 0 unspecified atom stereocenters. The van der Waals surface area contributed by atoms with Gasteiger partial charge in [0.25, 0.3) is 0 Å². The van der Waals surface area contributed by atoms with Crippen LogP contribution in [-0.2, 0) is 4.74 Å². The smallest absolute Gasteiger partial charge is 0.0991 e. The zero-order chi connectivity index (χ0) is 19.6. The number of ether oxygens (including phenoxy) is 1. The second kappa shape index (κ2) is 11.0. The summed E-state index contributed by atoms with van der Waals surface area (Å²) < 4.78 is 6.29. The molecule has 3 nitrogen and oxygen atoms in total. The van der Waals surface area contributed by atoms with Crippen molar-refractivity contribution < 1.29 is 4.74 Å². The summed E-state index contributed by atoms with van der Waals surface area (Å²) in [5.41, 5.74) is 2.14. The quantitative estimate of drug-likeness (QED) is 0.527. The highest BCUT2D eigenvalue weighted by Gasteiger charge is 2.25. The minimum atomic E-state index is 0.460. The fraction of sp³-hybridized carbons (Fsp3) is 0.600. The molecule has 2 saturated carbocycles. The number of rotatable bonds is 7. The summed E-state index contributed by atoms with van der Waals surface area (Å²) in [5.74, 6) is 2.17. The monoisotopic (exact) mass is 376 g/mol. The highest BCUT2D eigenvalue weighted by Crippen LogP contribution is 2.37. The molecule has 3 heteroatoms. The zero-order valence-corrected chi connectivity index (χ0v) is 16.9. The summed E-state index contributed by atoms with van der Waals surface area (Å²) in [7, 11) is 0. The molecule has 0 heterocycles. The minimum absolute atomic E-state index is 0.460. The third-order valence-corrected chi connectivity index (χ3v) is 6.65. The van der Waals surface area contributed by atoms with Crippen molar-refractivity contribution in [2.45, 2.75) is 76.2 Å². The van der Waals surface area contributed by atoms with Crippen LogP contribution < -0.4 is 0 Å². The topological polar surface area (TPSA) is 56.8 Å². The van der Waals surface area contributed by atoms with Crippen LogP contribution in [0.3, 0.4) is 0 Å². The van der Waals surface area contributed by atoms with Gasteiger partial charge >= 0.3 is 0 Å². The summed E-state index contributed by atoms with van der Waals surface area (Å²) in [6, 6.07) is 12.4. The van der Waals surface area contributed by atoms with E-state index in [1.54, 1.807) is 6.08 Å². The number of hydrogen-bond acceptors (Lipinski definition) is 3. The Morgan fingerprint density at radius 1 is 0.893 bits per heavy atom. The van der Waals surface area contributed by atoms with Crippen molar-refractivity contribution in [2.75, 3.05) is 6.61 Å². The van der Waals surface area contributed by atoms with Gasteiger partial charge < -0.3 is 4.74 Å². The van der Waals surface area contributed by atoms with Gasteiger partial charge in [-0.05, 0) is 99.7 Å². The van der Waals surface area contributed by atoms with Crippen LogP contribution >= 0.6 is 0 Å². The SMILES string of the molecule is N#CC=CCC[C@H]1CC[C@H](OC[C@H]2CC[C@H](c3ccc(C#N)cc3)CC2)CC1. The molecule has 2 aliphatic rings. The standard InChI is InChI=1S/C25H32N2O/c26-17-3-1-2-4-20-9-15-25(16-10-20)28-19-22-7-13-24(14-8-22)23-11-5-21(18-27)6-12-23/h1,3,5-6,11-12,20,22,24-25H,2,4,7-10,13-16,19H2/t20-,22-,24-,25-. The summed E-state index contributed by atoms with van der Waals surface area (Å²) in [4.78, 5) is 0. The van der Waals surface area contributed by atoms with Crippen molar-refractivity contribution in [3.05, 3.63) is 47.5 Å². The van der Waals surface area contributed by atoms with Crippen LogP contribution in [-0.4, -0.2) is 12.7 Å².